The first kappa shape index (κ1) is 8.97. The van der Waals surface area contributed by atoms with E-state index in [1.54, 1.807) is 7.11 Å². The molecule has 1 heterocycles. The van der Waals surface area contributed by atoms with Crippen molar-refractivity contribution >= 4 is 0 Å². The molecule has 3 nitrogen and oxygen atoms in total. The van der Waals surface area contributed by atoms with E-state index in [1.807, 2.05) is 0 Å². The molecule has 0 atom stereocenters. The van der Waals surface area contributed by atoms with Gasteiger partial charge in [-0.15, -0.1) is 0 Å². The molecule has 0 aromatic rings. The highest BCUT2D eigenvalue weighted by atomic mass is 16.7. The fourth-order valence-corrected chi connectivity index (χ4v) is 1.05. The summed E-state index contributed by atoms with van der Waals surface area (Å²) < 4.78 is 15.6. The van der Waals surface area contributed by atoms with Gasteiger partial charge in [0, 0.05) is 13.0 Å². The van der Waals surface area contributed by atoms with Crippen LogP contribution in [-0.2, 0) is 14.2 Å². The molecule has 1 rings (SSSR count). The summed E-state index contributed by atoms with van der Waals surface area (Å²) in [6.07, 6.45) is 0.988. The molecule has 0 spiro atoms. The normalized spacial score (nSPS) is 32.2. The molecule has 0 aromatic carbocycles. The molecule has 66 valence electrons. The van der Waals surface area contributed by atoms with Gasteiger partial charge in [-0.05, 0) is 6.42 Å². The van der Waals surface area contributed by atoms with Gasteiger partial charge in [0.2, 0.25) is 0 Å². The van der Waals surface area contributed by atoms with Crippen LogP contribution in [0.25, 0.3) is 0 Å². The quantitative estimate of drug-likeness (QED) is 0.617. The van der Waals surface area contributed by atoms with E-state index >= 15 is 0 Å². The summed E-state index contributed by atoms with van der Waals surface area (Å²) in [5, 5.41) is 0. The van der Waals surface area contributed by atoms with Crippen LogP contribution >= 0.6 is 0 Å². The summed E-state index contributed by atoms with van der Waals surface area (Å²) in [5.74, 6) is 0.572. The molecule has 0 saturated carbocycles. The minimum absolute atomic E-state index is 0.136. The van der Waals surface area contributed by atoms with Gasteiger partial charge in [-0.2, -0.15) is 0 Å². The third kappa shape index (κ3) is 2.77. The van der Waals surface area contributed by atoms with Gasteiger partial charge >= 0.3 is 0 Å². The monoisotopic (exact) mass is 160 g/mol. The zero-order valence-corrected chi connectivity index (χ0v) is 7.21. The smallest absolute Gasteiger partial charge is 0.180 e. The van der Waals surface area contributed by atoms with E-state index < -0.39 is 0 Å². The first-order valence-corrected chi connectivity index (χ1v) is 4.09. The Morgan fingerprint density at radius 2 is 2.00 bits per heavy atom. The summed E-state index contributed by atoms with van der Waals surface area (Å²) in [4.78, 5) is 0. The van der Waals surface area contributed by atoms with Crippen molar-refractivity contribution < 1.29 is 14.2 Å². The highest BCUT2D eigenvalue weighted by molar-refractivity contribution is 4.60. The Labute approximate surface area is 67.6 Å². The summed E-state index contributed by atoms with van der Waals surface area (Å²) in [7, 11) is 1.65. The molecular formula is C8H16O3. The predicted octanol–water partition coefficient (Wildman–Crippen LogP) is 1.03. The van der Waals surface area contributed by atoms with Gasteiger partial charge in [-0.3, -0.25) is 0 Å². The Balaban J connectivity index is 2.14. The summed E-state index contributed by atoms with van der Waals surface area (Å²) >= 11 is 0. The molecule has 0 bridgehead atoms. The van der Waals surface area contributed by atoms with Crippen LogP contribution in [0.5, 0.6) is 0 Å². The lowest BCUT2D eigenvalue weighted by Gasteiger charge is -2.28. The van der Waals surface area contributed by atoms with Gasteiger partial charge in [-0.25, -0.2) is 0 Å². The largest absolute Gasteiger partial charge is 0.379 e. The number of rotatable bonds is 3. The van der Waals surface area contributed by atoms with Crippen molar-refractivity contribution in [3.05, 3.63) is 0 Å². The van der Waals surface area contributed by atoms with Gasteiger partial charge in [0.15, 0.2) is 6.29 Å². The van der Waals surface area contributed by atoms with Crippen LogP contribution in [0.3, 0.4) is 0 Å². The molecule has 1 fully saturated rings. The van der Waals surface area contributed by atoms with Crippen LogP contribution in [0.4, 0.5) is 0 Å². The SMILES string of the molecule is CCC1COC(COC)OC1. The van der Waals surface area contributed by atoms with Crippen LogP contribution in [0, 0.1) is 5.92 Å². The van der Waals surface area contributed by atoms with E-state index in [2.05, 4.69) is 6.92 Å². The molecule has 0 N–H and O–H groups in total. The van der Waals surface area contributed by atoms with Crippen molar-refractivity contribution in [3.8, 4) is 0 Å². The number of ether oxygens (including phenoxy) is 3. The van der Waals surface area contributed by atoms with E-state index in [9.17, 15) is 0 Å². The molecule has 0 amide bonds. The summed E-state index contributed by atoms with van der Waals surface area (Å²) in [5.41, 5.74) is 0. The van der Waals surface area contributed by atoms with Gasteiger partial charge in [-0.1, -0.05) is 6.92 Å². The fourth-order valence-electron chi connectivity index (χ4n) is 1.05. The lowest BCUT2D eigenvalue weighted by Crippen LogP contribution is -2.34. The van der Waals surface area contributed by atoms with E-state index in [4.69, 9.17) is 14.2 Å². The van der Waals surface area contributed by atoms with Crippen molar-refractivity contribution in [1.82, 2.24) is 0 Å². The van der Waals surface area contributed by atoms with Gasteiger partial charge in [0.1, 0.15) is 0 Å². The maximum atomic E-state index is 5.37. The molecule has 0 radical (unpaired) electrons. The van der Waals surface area contributed by atoms with E-state index in [-0.39, 0.29) is 6.29 Å². The first-order valence-electron chi connectivity index (χ1n) is 4.09. The van der Waals surface area contributed by atoms with Crippen molar-refractivity contribution in [1.29, 1.82) is 0 Å². The number of hydrogen-bond donors (Lipinski definition) is 0. The van der Waals surface area contributed by atoms with Crippen molar-refractivity contribution in [2.24, 2.45) is 5.92 Å². The van der Waals surface area contributed by atoms with Crippen LogP contribution in [-0.4, -0.2) is 33.2 Å². The van der Waals surface area contributed by atoms with Gasteiger partial charge in [0.25, 0.3) is 0 Å². The highest BCUT2D eigenvalue weighted by Crippen LogP contribution is 2.13. The Morgan fingerprint density at radius 3 is 2.45 bits per heavy atom. The average molecular weight is 160 g/mol. The molecule has 1 aliphatic rings. The molecule has 0 unspecified atom stereocenters. The minimum atomic E-state index is -0.136. The second kappa shape index (κ2) is 4.70. The Kier molecular flexibility index (Phi) is 3.83. The third-order valence-corrected chi connectivity index (χ3v) is 1.92. The summed E-state index contributed by atoms with van der Waals surface area (Å²) in [6.45, 7) is 4.31. The Hall–Kier alpha value is -0.120. The molecule has 1 saturated heterocycles. The van der Waals surface area contributed by atoms with E-state index in [0.717, 1.165) is 19.6 Å². The predicted molar refractivity (Wildman–Crippen MR) is 41.3 cm³/mol. The van der Waals surface area contributed by atoms with Crippen LogP contribution in [0.1, 0.15) is 13.3 Å². The van der Waals surface area contributed by atoms with Crippen molar-refractivity contribution in [2.75, 3.05) is 26.9 Å². The molecular weight excluding hydrogens is 144 g/mol. The maximum absolute atomic E-state index is 5.37. The molecule has 0 aromatic heterocycles. The van der Waals surface area contributed by atoms with Gasteiger partial charge in [0.05, 0.1) is 19.8 Å². The highest BCUT2D eigenvalue weighted by Gasteiger charge is 2.20. The average Bonchev–Trinajstić information content (AvgIpc) is 2.07. The Bertz CT molecular complexity index is 97.5. The number of methoxy groups -OCH3 is 1. The summed E-state index contributed by atoms with van der Waals surface area (Å²) in [6, 6.07) is 0. The molecule has 0 aliphatic carbocycles. The lowest BCUT2D eigenvalue weighted by molar-refractivity contribution is -0.218. The van der Waals surface area contributed by atoms with Crippen LogP contribution in [0.15, 0.2) is 0 Å². The third-order valence-electron chi connectivity index (χ3n) is 1.92. The number of hydrogen-bond acceptors (Lipinski definition) is 3. The second-order valence-corrected chi connectivity index (χ2v) is 2.83. The van der Waals surface area contributed by atoms with E-state index in [1.165, 1.54) is 0 Å². The molecule has 3 heteroatoms. The maximum Gasteiger partial charge on any atom is 0.180 e. The molecule has 11 heavy (non-hydrogen) atoms. The Morgan fingerprint density at radius 1 is 1.36 bits per heavy atom. The van der Waals surface area contributed by atoms with Gasteiger partial charge < -0.3 is 14.2 Å². The van der Waals surface area contributed by atoms with Crippen LogP contribution < -0.4 is 0 Å². The zero-order chi connectivity index (χ0) is 8.10. The standard InChI is InChI=1S/C8H16O3/c1-3-7-4-10-8(6-9-2)11-5-7/h7-8H,3-6H2,1-2H3. The van der Waals surface area contributed by atoms with Crippen LogP contribution in [0.2, 0.25) is 0 Å². The molecule has 1 aliphatic heterocycles. The minimum Gasteiger partial charge on any atom is -0.379 e. The van der Waals surface area contributed by atoms with E-state index in [0.29, 0.717) is 12.5 Å². The van der Waals surface area contributed by atoms with Crippen molar-refractivity contribution in [3.63, 3.8) is 0 Å². The fraction of sp³-hybridized carbons (Fsp3) is 1.00. The lowest BCUT2D eigenvalue weighted by atomic mass is 10.1. The second-order valence-electron chi connectivity index (χ2n) is 2.83. The topological polar surface area (TPSA) is 27.7 Å². The van der Waals surface area contributed by atoms with Crippen molar-refractivity contribution in [2.45, 2.75) is 19.6 Å². The first-order chi connectivity index (χ1) is 5.36. The zero-order valence-electron chi connectivity index (χ0n) is 7.21.